The largest absolute Gasteiger partial charge is 0.506 e. The molecule has 0 amide bonds. The molecular weight excluding hydrogens is 226 g/mol. The molecule has 18 heavy (non-hydrogen) atoms. The van der Waals surface area contributed by atoms with Crippen LogP contribution in [0.4, 0.5) is 0 Å². The number of rotatable bonds is 3. The van der Waals surface area contributed by atoms with Crippen LogP contribution in [0.25, 0.3) is 5.76 Å². The fraction of sp³-hybridized carbons (Fsp3) is 0.467. The molecule has 0 saturated carbocycles. The third-order valence-corrected chi connectivity index (χ3v) is 2.72. The Labute approximate surface area is 109 Å². The van der Waals surface area contributed by atoms with Gasteiger partial charge in [-0.2, -0.15) is 0 Å². The molecule has 1 rings (SSSR count). The van der Waals surface area contributed by atoms with Gasteiger partial charge in [0.2, 0.25) is 0 Å². The Kier molecular flexibility index (Phi) is 4.28. The SMILES string of the molecule is CC(C)c1ccnc(C(O)=CC(=O)C(C)(C)C)c1. The highest BCUT2D eigenvalue weighted by Crippen LogP contribution is 2.20. The number of pyridine rings is 1. The molecule has 0 aromatic carbocycles. The van der Waals surface area contributed by atoms with Crippen molar-refractivity contribution < 1.29 is 9.90 Å². The van der Waals surface area contributed by atoms with E-state index in [4.69, 9.17) is 0 Å². The number of nitrogens with zero attached hydrogens (tertiary/aromatic N) is 1. The number of allylic oxidation sites excluding steroid dienone is 1. The zero-order valence-electron chi connectivity index (χ0n) is 11.7. The molecule has 1 heterocycles. The number of carbonyl (C=O) groups is 1. The van der Waals surface area contributed by atoms with Crippen LogP contribution in [-0.2, 0) is 4.79 Å². The van der Waals surface area contributed by atoms with Crippen molar-refractivity contribution in [1.82, 2.24) is 4.98 Å². The van der Waals surface area contributed by atoms with Crippen molar-refractivity contribution in [1.29, 1.82) is 0 Å². The molecule has 0 bridgehead atoms. The van der Waals surface area contributed by atoms with Crippen LogP contribution < -0.4 is 0 Å². The molecule has 0 aliphatic carbocycles. The summed E-state index contributed by atoms with van der Waals surface area (Å²) < 4.78 is 0. The average Bonchev–Trinajstić information content (AvgIpc) is 2.27. The maximum Gasteiger partial charge on any atom is 0.164 e. The molecule has 0 fully saturated rings. The molecule has 0 radical (unpaired) electrons. The molecule has 0 unspecified atom stereocenters. The van der Waals surface area contributed by atoms with Gasteiger partial charge in [0.25, 0.3) is 0 Å². The smallest absolute Gasteiger partial charge is 0.164 e. The van der Waals surface area contributed by atoms with Crippen LogP contribution in [0.5, 0.6) is 0 Å². The Morgan fingerprint density at radius 1 is 1.39 bits per heavy atom. The summed E-state index contributed by atoms with van der Waals surface area (Å²) in [5.74, 6) is 0.173. The Bertz CT molecular complexity index is 468. The molecule has 3 heteroatoms. The molecule has 1 aromatic heterocycles. The number of aromatic nitrogens is 1. The van der Waals surface area contributed by atoms with Crippen LogP contribution in [0.1, 0.15) is 51.8 Å². The zero-order valence-corrected chi connectivity index (χ0v) is 11.7. The summed E-state index contributed by atoms with van der Waals surface area (Å²) in [5, 5.41) is 9.94. The summed E-state index contributed by atoms with van der Waals surface area (Å²) in [5.41, 5.74) is 1.03. The molecule has 3 nitrogen and oxygen atoms in total. The van der Waals surface area contributed by atoms with Crippen LogP contribution >= 0.6 is 0 Å². The van der Waals surface area contributed by atoms with E-state index in [0.29, 0.717) is 11.6 Å². The van der Waals surface area contributed by atoms with E-state index in [1.165, 1.54) is 6.08 Å². The summed E-state index contributed by atoms with van der Waals surface area (Å²) in [6.45, 7) is 9.59. The first-order valence-corrected chi connectivity index (χ1v) is 6.13. The van der Waals surface area contributed by atoms with Gasteiger partial charge in [-0.05, 0) is 23.6 Å². The lowest BCUT2D eigenvalue weighted by Gasteiger charge is -2.13. The lowest BCUT2D eigenvalue weighted by atomic mass is 9.90. The van der Waals surface area contributed by atoms with Gasteiger partial charge in [0, 0.05) is 17.7 Å². The van der Waals surface area contributed by atoms with E-state index < -0.39 is 5.41 Å². The minimum Gasteiger partial charge on any atom is -0.506 e. The van der Waals surface area contributed by atoms with Crippen LogP contribution in [0.15, 0.2) is 24.4 Å². The number of ketones is 1. The molecule has 1 aromatic rings. The number of hydrogen-bond acceptors (Lipinski definition) is 3. The van der Waals surface area contributed by atoms with Crippen LogP contribution in [0.3, 0.4) is 0 Å². The molecule has 0 aliphatic heterocycles. The summed E-state index contributed by atoms with van der Waals surface area (Å²) in [6, 6.07) is 3.72. The monoisotopic (exact) mass is 247 g/mol. The number of aliphatic hydroxyl groups excluding tert-OH is 1. The second kappa shape index (κ2) is 5.34. The predicted molar refractivity (Wildman–Crippen MR) is 73.4 cm³/mol. The molecule has 98 valence electrons. The van der Waals surface area contributed by atoms with Gasteiger partial charge in [-0.1, -0.05) is 34.6 Å². The molecule has 0 atom stereocenters. The van der Waals surface area contributed by atoms with E-state index in [1.54, 1.807) is 6.20 Å². The van der Waals surface area contributed by atoms with Crippen molar-refractivity contribution >= 4 is 11.5 Å². The first kappa shape index (κ1) is 14.4. The van der Waals surface area contributed by atoms with E-state index in [2.05, 4.69) is 18.8 Å². The highest BCUT2D eigenvalue weighted by molar-refractivity contribution is 5.98. The van der Waals surface area contributed by atoms with Gasteiger partial charge in [0.05, 0.1) is 0 Å². The predicted octanol–water partition coefficient (Wildman–Crippen LogP) is 3.72. The molecule has 1 N–H and O–H groups in total. The van der Waals surface area contributed by atoms with Crippen molar-refractivity contribution in [3.05, 3.63) is 35.7 Å². The minimum absolute atomic E-state index is 0.0718. The third-order valence-electron chi connectivity index (χ3n) is 2.72. The van der Waals surface area contributed by atoms with Gasteiger partial charge < -0.3 is 5.11 Å². The highest BCUT2D eigenvalue weighted by atomic mass is 16.3. The number of aliphatic hydroxyl groups is 1. The van der Waals surface area contributed by atoms with E-state index >= 15 is 0 Å². The van der Waals surface area contributed by atoms with Gasteiger partial charge in [-0.25, -0.2) is 0 Å². The summed E-state index contributed by atoms with van der Waals surface area (Å²) >= 11 is 0. The molecule has 0 aliphatic rings. The number of hydrogen-bond donors (Lipinski definition) is 1. The van der Waals surface area contributed by atoms with Gasteiger partial charge in [0.15, 0.2) is 5.78 Å². The molecular formula is C15H21NO2. The fourth-order valence-electron chi connectivity index (χ4n) is 1.36. The Morgan fingerprint density at radius 3 is 2.50 bits per heavy atom. The zero-order chi connectivity index (χ0) is 13.9. The van der Waals surface area contributed by atoms with E-state index in [0.717, 1.165) is 5.56 Å². The minimum atomic E-state index is -0.496. The maximum atomic E-state index is 11.8. The quantitative estimate of drug-likeness (QED) is 0.654. The van der Waals surface area contributed by atoms with Crippen molar-refractivity contribution in [2.75, 3.05) is 0 Å². The first-order valence-electron chi connectivity index (χ1n) is 6.13. The van der Waals surface area contributed by atoms with Gasteiger partial charge in [-0.3, -0.25) is 9.78 Å². The normalized spacial score (nSPS) is 12.9. The summed E-state index contributed by atoms with van der Waals surface area (Å²) in [4.78, 5) is 15.9. The third kappa shape index (κ3) is 3.69. The van der Waals surface area contributed by atoms with Crippen LogP contribution in [-0.4, -0.2) is 15.9 Å². The number of carbonyl (C=O) groups excluding carboxylic acids is 1. The first-order chi connectivity index (χ1) is 8.21. The lowest BCUT2D eigenvalue weighted by Crippen LogP contribution is -2.18. The summed E-state index contributed by atoms with van der Waals surface area (Å²) in [6.07, 6.45) is 2.91. The van der Waals surface area contributed by atoms with Crippen LogP contribution in [0.2, 0.25) is 0 Å². The van der Waals surface area contributed by atoms with Crippen molar-refractivity contribution in [3.63, 3.8) is 0 Å². The van der Waals surface area contributed by atoms with E-state index in [9.17, 15) is 9.90 Å². The Hall–Kier alpha value is -1.64. The topological polar surface area (TPSA) is 50.2 Å². The van der Waals surface area contributed by atoms with E-state index in [1.807, 2.05) is 32.9 Å². The van der Waals surface area contributed by atoms with Gasteiger partial charge in [0.1, 0.15) is 11.5 Å². The average molecular weight is 247 g/mol. The second-order valence-corrected chi connectivity index (χ2v) is 5.77. The van der Waals surface area contributed by atoms with Crippen LogP contribution in [0, 0.1) is 5.41 Å². The second-order valence-electron chi connectivity index (χ2n) is 5.77. The van der Waals surface area contributed by atoms with Crippen molar-refractivity contribution in [2.24, 2.45) is 5.41 Å². The molecule has 0 spiro atoms. The van der Waals surface area contributed by atoms with Crippen molar-refractivity contribution in [3.8, 4) is 0 Å². The highest BCUT2D eigenvalue weighted by Gasteiger charge is 2.20. The summed E-state index contributed by atoms with van der Waals surface area (Å²) in [7, 11) is 0. The van der Waals surface area contributed by atoms with E-state index in [-0.39, 0.29) is 11.5 Å². The lowest BCUT2D eigenvalue weighted by molar-refractivity contribution is -0.121. The fourth-order valence-corrected chi connectivity index (χ4v) is 1.36. The Morgan fingerprint density at radius 2 is 2.00 bits per heavy atom. The van der Waals surface area contributed by atoms with Crippen molar-refractivity contribution in [2.45, 2.75) is 40.5 Å². The maximum absolute atomic E-state index is 11.8. The molecule has 0 saturated heterocycles. The standard InChI is InChI=1S/C15H21NO2/c1-10(2)11-6-7-16-12(8-11)13(17)9-14(18)15(3,4)5/h6-10,17H,1-5H3. The van der Waals surface area contributed by atoms with Gasteiger partial charge in [-0.15, -0.1) is 0 Å². The van der Waals surface area contributed by atoms with Gasteiger partial charge >= 0.3 is 0 Å². The Balaban J connectivity index is 3.04.